The number of carbonyl (C=O) groups is 1. The van der Waals surface area contributed by atoms with Crippen LogP contribution in [-0.2, 0) is 12.5 Å². The molecular formula is C18H25N5O2. The molecule has 3 heterocycles. The van der Waals surface area contributed by atoms with E-state index in [9.17, 15) is 4.79 Å². The molecule has 25 heavy (non-hydrogen) atoms. The molecule has 0 spiro atoms. The number of amides is 1. The summed E-state index contributed by atoms with van der Waals surface area (Å²) in [5, 5.41) is 12.4. The lowest BCUT2D eigenvalue weighted by Crippen LogP contribution is -2.29. The van der Waals surface area contributed by atoms with Crippen LogP contribution in [0, 0.1) is 5.92 Å². The number of hydrogen-bond donors (Lipinski definition) is 0. The number of likely N-dealkylation sites (tertiary alicyclic amines) is 1. The molecule has 3 rings (SSSR count). The van der Waals surface area contributed by atoms with Gasteiger partial charge >= 0.3 is 0 Å². The third-order valence-corrected chi connectivity index (χ3v) is 4.40. The zero-order valence-electron chi connectivity index (χ0n) is 15.3. The zero-order chi connectivity index (χ0) is 18.0. The van der Waals surface area contributed by atoms with Crippen molar-refractivity contribution < 1.29 is 9.53 Å². The highest BCUT2D eigenvalue weighted by atomic mass is 16.5. The summed E-state index contributed by atoms with van der Waals surface area (Å²) in [5.74, 6) is 0.875. The van der Waals surface area contributed by atoms with Gasteiger partial charge in [0.15, 0.2) is 0 Å². The molecule has 0 radical (unpaired) electrons. The first-order valence-electron chi connectivity index (χ1n) is 8.58. The van der Waals surface area contributed by atoms with Gasteiger partial charge in [0, 0.05) is 43.7 Å². The quantitative estimate of drug-likeness (QED) is 0.849. The maximum Gasteiger partial charge on any atom is 0.257 e. The Labute approximate surface area is 148 Å². The Kier molecular flexibility index (Phi) is 4.74. The van der Waals surface area contributed by atoms with E-state index in [-0.39, 0.29) is 11.3 Å². The van der Waals surface area contributed by atoms with E-state index in [4.69, 9.17) is 4.74 Å². The van der Waals surface area contributed by atoms with Crippen LogP contribution in [-0.4, -0.2) is 50.5 Å². The molecule has 0 saturated carbocycles. The highest BCUT2D eigenvalue weighted by Gasteiger charge is 2.28. The molecule has 1 fully saturated rings. The summed E-state index contributed by atoms with van der Waals surface area (Å²) in [7, 11) is 1.81. The summed E-state index contributed by atoms with van der Waals surface area (Å²) >= 11 is 0. The Morgan fingerprint density at radius 1 is 1.32 bits per heavy atom. The fraction of sp³-hybridized carbons (Fsp3) is 0.556. The van der Waals surface area contributed by atoms with Crippen LogP contribution >= 0.6 is 0 Å². The van der Waals surface area contributed by atoms with Gasteiger partial charge in [-0.25, -0.2) is 0 Å². The second-order valence-electron chi connectivity index (χ2n) is 7.63. The molecular weight excluding hydrogens is 318 g/mol. The van der Waals surface area contributed by atoms with Crippen LogP contribution in [0.5, 0.6) is 5.88 Å². The SMILES string of the molecule is Cn1cc(C(=O)N2CCC(COc3ccc(C(C)(C)C)nn3)C2)cn1. The van der Waals surface area contributed by atoms with Gasteiger partial charge in [-0.1, -0.05) is 20.8 Å². The van der Waals surface area contributed by atoms with Gasteiger partial charge in [0.05, 0.1) is 24.1 Å². The molecule has 0 aromatic carbocycles. The molecule has 1 atom stereocenters. The molecule has 0 aliphatic carbocycles. The van der Waals surface area contributed by atoms with Crippen molar-refractivity contribution in [1.29, 1.82) is 0 Å². The molecule has 0 bridgehead atoms. The van der Waals surface area contributed by atoms with Crippen LogP contribution in [0.1, 0.15) is 43.2 Å². The van der Waals surface area contributed by atoms with Gasteiger partial charge in [-0.3, -0.25) is 9.48 Å². The first kappa shape index (κ1) is 17.4. The van der Waals surface area contributed by atoms with Gasteiger partial charge in [0.25, 0.3) is 5.91 Å². The second kappa shape index (κ2) is 6.82. The normalized spacial score (nSPS) is 17.8. The maximum absolute atomic E-state index is 12.4. The van der Waals surface area contributed by atoms with E-state index in [0.29, 0.717) is 30.5 Å². The fourth-order valence-electron chi connectivity index (χ4n) is 2.87. The Balaban J connectivity index is 1.51. The van der Waals surface area contributed by atoms with E-state index in [1.807, 2.05) is 24.1 Å². The Hall–Kier alpha value is -2.44. The standard InChI is InChI=1S/C18H25N5O2/c1-18(2,3)15-5-6-16(21-20-15)25-12-13-7-8-23(10-13)17(24)14-9-19-22(4)11-14/h5-6,9,11,13H,7-8,10,12H2,1-4H3. The third-order valence-electron chi connectivity index (χ3n) is 4.40. The lowest BCUT2D eigenvalue weighted by molar-refractivity contribution is 0.0782. The van der Waals surface area contributed by atoms with Gasteiger partial charge in [-0.15, -0.1) is 5.10 Å². The predicted octanol–water partition coefficient (Wildman–Crippen LogP) is 2.05. The van der Waals surface area contributed by atoms with Crippen LogP contribution in [0.4, 0.5) is 0 Å². The number of aromatic nitrogens is 4. The first-order valence-corrected chi connectivity index (χ1v) is 8.58. The van der Waals surface area contributed by atoms with Crippen molar-refractivity contribution in [2.45, 2.75) is 32.6 Å². The average Bonchev–Trinajstić information content (AvgIpc) is 3.21. The summed E-state index contributed by atoms with van der Waals surface area (Å²) in [5.41, 5.74) is 1.55. The van der Waals surface area contributed by atoms with E-state index in [1.54, 1.807) is 17.1 Å². The zero-order valence-corrected chi connectivity index (χ0v) is 15.3. The van der Waals surface area contributed by atoms with Crippen molar-refractivity contribution in [2.75, 3.05) is 19.7 Å². The van der Waals surface area contributed by atoms with E-state index in [2.05, 4.69) is 36.1 Å². The number of ether oxygens (including phenoxy) is 1. The van der Waals surface area contributed by atoms with Crippen molar-refractivity contribution >= 4 is 5.91 Å². The molecule has 1 aliphatic rings. The molecule has 7 heteroatoms. The molecule has 1 saturated heterocycles. The second-order valence-corrected chi connectivity index (χ2v) is 7.63. The first-order chi connectivity index (χ1) is 11.8. The largest absolute Gasteiger partial charge is 0.476 e. The minimum Gasteiger partial charge on any atom is -0.476 e. The average molecular weight is 343 g/mol. The predicted molar refractivity (Wildman–Crippen MR) is 93.4 cm³/mol. The van der Waals surface area contributed by atoms with Crippen LogP contribution < -0.4 is 4.74 Å². The number of nitrogens with zero attached hydrogens (tertiary/aromatic N) is 5. The maximum atomic E-state index is 12.4. The van der Waals surface area contributed by atoms with Crippen LogP contribution in [0.15, 0.2) is 24.5 Å². The Morgan fingerprint density at radius 3 is 2.72 bits per heavy atom. The Morgan fingerprint density at radius 2 is 2.12 bits per heavy atom. The smallest absolute Gasteiger partial charge is 0.257 e. The molecule has 7 nitrogen and oxygen atoms in total. The number of hydrogen-bond acceptors (Lipinski definition) is 5. The van der Waals surface area contributed by atoms with Crippen molar-refractivity contribution in [2.24, 2.45) is 13.0 Å². The summed E-state index contributed by atoms with van der Waals surface area (Å²) < 4.78 is 7.41. The summed E-state index contributed by atoms with van der Waals surface area (Å²) in [4.78, 5) is 14.3. The molecule has 1 unspecified atom stereocenters. The molecule has 134 valence electrons. The lowest BCUT2D eigenvalue weighted by Gasteiger charge is -2.17. The van der Waals surface area contributed by atoms with Crippen molar-refractivity contribution in [3.05, 3.63) is 35.8 Å². The highest BCUT2D eigenvalue weighted by molar-refractivity contribution is 5.93. The highest BCUT2D eigenvalue weighted by Crippen LogP contribution is 2.22. The van der Waals surface area contributed by atoms with Gasteiger partial charge < -0.3 is 9.64 Å². The van der Waals surface area contributed by atoms with Gasteiger partial charge in [0.1, 0.15) is 0 Å². The molecule has 0 N–H and O–H groups in total. The van der Waals surface area contributed by atoms with E-state index >= 15 is 0 Å². The van der Waals surface area contributed by atoms with Crippen molar-refractivity contribution in [1.82, 2.24) is 24.9 Å². The van der Waals surface area contributed by atoms with Crippen LogP contribution in [0.3, 0.4) is 0 Å². The molecule has 2 aromatic rings. The van der Waals surface area contributed by atoms with E-state index in [1.165, 1.54) is 0 Å². The minimum absolute atomic E-state index is 0.0237. The minimum atomic E-state index is -0.0237. The number of aryl methyl sites for hydroxylation is 1. The van der Waals surface area contributed by atoms with Crippen LogP contribution in [0.2, 0.25) is 0 Å². The van der Waals surface area contributed by atoms with Gasteiger partial charge in [-0.2, -0.15) is 10.2 Å². The van der Waals surface area contributed by atoms with E-state index in [0.717, 1.165) is 18.7 Å². The summed E-state index contributed by atoms with van der Waals surface area (Å²) in [6.45, 7) is 8.29. The van der Waals surface area contributed by atoms with Crippen molar-refractivity contribution in [3.63, 3.8) is 0 Å². The summed E-state index contributed by atoms with van der Waals surface area (Å²) in [6, 6.07) is 3.82. The third kappa shape index (κ3) is 4.15. The monoisotopic (exact) mass is 343 g/mol. The fourth-order valence-corrected chi connectivity index (χ4v) is 2.87. The molecule has 1 aliphatic heterocycles. The van der Waals surface area contributed by atoms with Gasteiger partial charge in [-0.05, 0) is 12.5 Å². The number of carbonyl (C=O) groups excluding carboxylic acids is 1. The topological polar surface area (TPSA) is 73.1 Å². The molecule has 1 amide bonds. The molecule has 2 aromatic heterocycles. The number of rotatable bonds is 4. The van der Waals surface area contributed by atoms with Crippen LogP contribution in [0.25, 0.3) is 0 Å². The Bertz CT molecular complexity index is 733. The van der Waals surface area contributed by atoms with Gasteiger partial charge in [0.2, 0.25) is 5.88 Å². The summed E-state index contributed by atoms with van der Waals surface area (Å²) in [6.07, 6.45) is 4.29. The van der Waals surface area contributed by atoms with Crippen molar-refractivity contribution in [3.8, 4) is 5.88 Å². The van der Waals surface area contributed by atoms with E-state index < -0.39 is 0 Å². The lowest BCUT2D eigenvalue weighted by atomic mass is 9.92.